The second-order valence-corrected chi connectivity index (χ2v) is 8.90. The van der Waals surface area contributed by atoms with Crippen molar-refractivity contribution in [2.75, 3.05) is 22.9 Å². The molecule has 0 saturated heterocycles. The molecule has 4 nitrogen and oxygen atoms in total. The lowest BCUT2D eigenvalue weighted by molar-refractivity contribution is 0.792. The van der Waals surface area contributed by atoms with Crippen molar-refractivity contribution in [2.45, 2.75) is 19.3 Å². The van der Waals surface area contributed by atoms with Gasteiger partial charge in [0.1, 0.15) is 0 Å². The van der Waals surface area contributed by atoms with E-state index < -0.39 is 5.41 Å². The van der Waals surface area contributed by atoms with Crippen molar-refractivity contribution in [1.82, 2.24) is 0 Å². The standard InChI is InChI=1S/C27H24N4/c1-13-3-5-15-16-6-4-14(2)8-20(16)27(19(15)7-13)21-11-25(30)23(28)9-17(21)18-10-24(29)26(31)12-22(18)27/h3-12H,28-31H2,1-2H3. The molecule has 0 aromatic heterocycles. The minimum Gasteiger partial charge on any atom is -0.397 e. The number of rotatable bonds is 0. The van der Waals surface area contributed by atoms with Gasteiger partial charge in [0, 0.05) is 0 Å². The molecule has 0 fully saturated rings. The number of fused-ring (bicyclic) bond motifs is 10. The van der Waals surface area contributed by atoms with Gasteiger partial charge in [-0.25, -0.2) is 0 Å². The van der Waals surface area contributed by atoms with Crippen molar-refractivity contribution < 1.29 is 0 Å². The van der Waals surface area contributed by atoms with Crippen LogP contribution in [0.2, 0.25) is 0 Å². The Morgan fingerprint density at radius 2 is 0.806 bits per heavy atom. The van der Waals surface area contributed by atoms with E-state index in [1.165, 1.54) is 33.4 Å². The molecule has 6 rings (SSSR count). The zero-order chi connectivity index (χ0) is 21.7. The largest absolute Gasteiger partial charge is 0.397 e. The van der Waals surface area contributed by atoms with Crippen LogP contribution in [-0.2, 0) is 5.41 Å². The maximum Gasteiger partial charge on any atom is 0.0727 e. The highest BCUT2D eigenvalue weighted by Crippen LogP contribution is 2.64. The molecule has 2 aliphatic carbocycles. The first-order valence-electron chi connectivity index (χ1n) is 10.4. The van der Waals surface area contributed by atoms with Crippen LogP contribution in [0.15, 0.2) is 60.7 Å². The van der Waals surface area contributed by atoms with Gasteiger partial charge in [-0.1, -0.05) is 47.5 Å². The van der Waals surface area contributed by atoms with E-state index >= 15 is 0 Å². The number of hydrogen-bond acceptors (Lipinski definition) is 4. The van der Waals surface area contributed by atoms with E-state index in [0.29, 0.717) is 22.7 Å². The summed E-state index contributed by atoms with van der Waals surface area (Å²) in [6, 6.07) is 21.4. The van der Waals surface area contributed by atoms with Crippen molar-refractivity contribution in [3.05, 3.63) is 94.0 Å². The van der Waals surface area contributed by atoms with Crippen LogP contribution in [0.4, 0.5) is 22.7 Å². The monoisotopic (exact) mass is 404 g/mol. The summed E-state index contributed by atoms with van der Waals surface area (Å²) >= 11 is 0. The third-order valence-electron chi connectivity index (χ3n) is 6.99. The van der Waals surface area contributed by atoms with Crippen molar-refractivity contribution in [3.63, 3.8) is 0 Å². The van der Waals surface area contributed by atoms with Gasteiger partial charge < -0.3 is 22.9 Å². The highest BCUT2D eigenvalue weighted by Gasteiger charge is 2.52. The molecule has 31 heavy (non-hydrogen) atoms. The fourth-order valence-corrected chi connectivity index (χ4v) is 5.61. The molecule has 0 atom stereocenters. The van der Waals surface area contributed by atoms with Gasteiger partial charge in [-0.2, -0.15) is 0 Å². The van der Waals surface area contributed by atoms with Crippen molar-refractivity contribution in [1.29, 1.82) is 0 Å². The molecule has 0 aliphatic heterocycles. The number of anilines is 4. The van der Waals surface area contributed by atoms with Crippen LogP contribution in [0.1, 0.15) is 33.4 Å². The number of aryl methyl sites for hydroxylation is 2. The van der Waals surface area contributed by atoms with Crippen LogP contribution in [0.3, 0.4) is 0 Å². The van der Waals surface area contributed by atoms with Gasteiger partial charge in [0.05, 0.1) is 28.2 Å². The first-order valence-corrected chi connectivity index (χ1v) is 10.4. The lowest BCUT2D eigenvalue weighted by Crippen LogP contribution is -2.26. The summed E-state index contributed by atoms with van der Waals surface area (Å²) in [6.07, 6.45) is 0. The minimum atomic E-state index is -0.503. The average molecular weight is 405 g/mol. The smallest absolute Gasteiger partial charge is 0.0727 e. The molecule has 4 aromatic rings. The molecule has 0 unspecified atom stereocenters. The number of benzene rings is 4. The maximum atomic E-state index is 6.36. The van der Waals surface area contributed by atoms with E-state index in [1.807, 2.05) is 24.3 Å². The SMILES string of the molecule is Cc1ccc2c(c1)C1(c3cc(C)ccc3-2)c2cc(N)c(N)cc2-c2cc(N)c(N)cc21. The normalized spacial score (nSPS) is 14.3. The van der Waals surface area contributed by atoms with Crippen molar-refractivity contribution >= 4 is 22.7 Å². The second kappa shape index (κ2) is 5.61. The lowest BCUT2D eigenvalue weighted by atomic mass is 9.70. The molecule has 0 radical (unpaired) electrons. The summed E-state index contributed by atoms with van der Waals surface area (Å²) in [6.45, 7) is 4.27. The lowest BCUT2D eigenvalue weighted by Gasteiger charge is -2.31. The molecule has 0 heterocycles. The fraction of sp³-hybridized carbons (Fsp3) is 0.111. The molecule has 0 bridgehead atoms. The van der Waals surface area contributed by atoms with Crippen LogP contribution in [0.5, 0.6) is 0 Å². The Bertz CT molecular complexity index is 1340. The van der Waals surface area contributed by atoms with Crippen LogP contribution in [-0.4, -0.2) is 0 Å². The Balaban J connectivity index is 1.88. The Morgan fingerprint density at radius 1 is 0.452 bits per heavy atom. The minimum absolute atomic E-state index is 0.503. The predicted octanol–water partition coefficient (Wildman–Crippen LogP) is 4.98. The molecule has 152 valence electrons. The molecule has 0 saturated carbocycles. The highest BCUT2D eigenvalue weighted by atomic mass is 14.7. The van der Waals surface area contributed by atoms with Gasteiger partial charge in [-0.05, 0) is 82.6 Å². The molecule has 4 aromatic carbocycles. The first kappa shape index (κ1) is 17.9. The van der Waals surface area contributed by atoms with E-state index in [2.05, 4.69) is 50.2 Å². The van der Waals surface area contributed by atoms with Crippen LogP contribution >= 0.6 is 0 Å². The van der Waals surface area contributed by atoms with E-state index in [4.69, 9.17) is 22.9 Å². The summed E-state index contributed by atoms with van der Waals surface area (Å²) in [5.41, 5.74) is 38.9. The van der Waals surface area contributed by atoms with Crippen LogP contribution < -0.4 is 22.9 Å². The Hall–Kier alpha value is -3.92. The van der Waals surface area contributed by atoms with Gasteiger partial charge in [-0.3, -0.25) is 0 Å². The Kier molecular flexibility index (Phi) is 3.24. The summed E-state index contributed by atoms with van der Waals surface area (Å²) in [5.74, 6) is 0. The third-order valence-corrected chi connectivity index (χ3v) is 6.99. The molecule has 2 aliphatic rings. The third kappa shape index (κ3) is 2.04. The topological polar surface area (TPSA) is 104 Å². The summed E-state index contributed by atoms with van der Waals surface area (Å²) in [5, 5.41) is 0. The molecule has 4 heteroatoms. The maximum absolute atomic E-state index is 6.36. The van der Waals surface area contributed by atoms with E-state index in [1.54, 1.807) is 0 Å². The molecular formula is C27H24N4. The summed E-state index contributed by atoms with van der Waals surface area (Å²) < 4.78 is 0. The zero-order valence-electron chi connectivity index (χ0n) is 17.6. The van der Waals surface area contributed by atoms with E-state index in [0.717, 1.165) is 22.3 Å². The fourth-order valence-electron chi connectivity index (χ4n) is 5.61. The van der Waals surface area contributed by atoms with Crippen LogP contribution in [0, 0.1) is 13.8 Å². The molecule has 8 N–H and O–H groups in total. The highest BCUT2D eigenvalue weighted by molar-refractivity contribution is 5.98. The Morgan fingerprint density at radius 3 is 1.23 bits per heavy atom. The van der Waals surface area contributed by atoms with E-state index in [9.17, 15) is 0 Å². The van der Waals surface area contributed by atoms with Gasteiger partial charge >= 0.3 is 0 Å². The number of hydrogen-bond donors (Lipinski definition) is 4. The molecule has 0 amide bonds. The zero-order valence-corrected chi connectivity index (χ0v) is 17.6. The van der Waals surface area contributed by atoms with Crippen LogP contribution in [0.25, 0.3) is 22.3 Å². The predicted molar refractivity (Wildman–Crippen MR) is 130 cm³/mol. The van der Waals surface area contributed by atoms with Crippen molar-refractivity contribution in [3.8, 4) is 22.3 Å². The second-order valence-electron chi connectivity index (χ2n) is 8.90. The van der Waals surface area contributed by atoms with E-state index in [-0.39, 0.29) is 0 Å². The first-order chi connectivity index (χ1) is 14.8. The molecule has 1 spiro atoms. The quantitative estimate of drug-likeness (QED) is 0.268. The van der Waals surface area contributed by atoms with Gasteiger partial charge in [0.25, 0.3) is 0 Å². The van der Waals surface area contributed by atoms with Gasteiger partial charge in [-0.15, -0.1) is 0 Å². The Labute approximate surface area is 181 Å². The number of nitrogen functional groups attached to an aromatic ring is 4. The van der Waals surface area contributed by atoms with Gasteiger partial charge in [0.2, 0.25) is 0 Å². The average Bonchev–Trinajstić information content (AvgIpc) is 3.14. The summed E-state index contributed by atoms with van der Waals surface area (Å²) in [4.78, 5) is 0. The summed E-state index contributed by atoms with van der Waals surface area (Å²) in [7, 11) is 0. The van der Waals surface area contributed by atoms with Gasteiger partial charge in [0.15, 0.2) is 0 Å². The molecular weight excluding hydrogens is 380 g/mol. The number of nitrogens with two attached hydrogens (primary N) is 4. The van der Waals surface area contributed by atoms with Crippen molar-refractivity contribution in [2.24, 2.45) is 0 Å².